The smallest absolute Gasteiger partial charge is 0.343 e. The predicted molar refractivity (Wildman–Crippen MR) is 124 cm³/mol. The Morgan fingerprint density at radius 1 is 0.871 bits per heavy atom. The molecule has 0 atom stereocenters. The zero-order valence-corrected chi connectivity index (χ0v) is 17.9. The second-order valence-corrected chi connectivity index (χ2v) is 7.57. The average molecular weight is 418 g/mol. The fraction of sp³-hybridized carbons (Fsp3) is 0.240. The highest BCUT2D eigenvalue weighted by Gasteiger charge is 2.18. The number of benzene rings is 3. The van der Waals surface area contributed by atoms with Crippen molar-refractivity contribution in [3.05, 3.63) is 77.9 Å². The van der Waals surface area contributed by atoms with Crippen molar-refractivity contribution in [3.8, 4) is 11.5 Å². The van der Waals surface area contributed by atoms with E-state index in [-0.39, 0.29) is 0 Å². The number of nitrogens with zero attached hydrogens (tertiary/aromatic N) is 1. The Morgan fingerprint density at radius 3 is 2.32 bits per heavy atom. The molecule has 0 bridgehead atoms. The highest BCUT2D eigenvalue weighted by molar-refractivity contribution is 5.91. The van der Waals surface area contributed by atoms with Crippen LogP contribution in [0.1, 0.15) is 42.1 Å². The number of fused-ring (bicyclic) bond motifs is 1. The van der Waals surface area contributed by atoms with E-state index in [1.165, 1.54) is 5.56 Å². The second-order valence-electron chi connectivity index (χ2n) is 7.57. The Bertz CT molecular complexity index is 1030. The molecule has 0 aromatic heterocycles. The maximum atomic E-state index is 12.4. The highest BCUT2D eigenvalue weighted by Crippen LogP contribution is 2.32. The third-order valence-corrected chi connectivity index (χ3v) is 5.05. The van der Waals surface area contributed by atoms with E-state index >= 15 is 0 Å². The minimum atomic E-state index is -0.398. The van der Waals surface area contributed by atoms with E-state index in [4.69, 9.17) is 9.47 Å². The number of esters is 1. The van der Waals surface area contributed by atoms with Crippen molar-refractivity contribution in [2.75, 3.05) is 22.6 Å². The van der Waals surface area contributed by atoms with E-state index < -0.39 is 5.97 Å². The van der Waals surface area contributed by atoms with E-state index in [1.54, 1.807) is 36.4 Å². The molecule has 0 aliphatic carbocycles. The number of hydrogen-bond acceptors (Lipinski definition) is 6. The van der Waals surface area contributed by atoms with Gasteiger partial charge in [0.1, 0.15) is 11.5 Å². The number of hydrazine groups is 2. The molecular formula is C25H27N3O3. The molecule has 3 aromatic rings. The Morgan fingerprint density at radius 2 is 1.58 bits per heavy atom. The van der Waals surface area contributed by atoms with Crippen LogP contribution in [0.5, 0.6) is 11.5 Å². The normalized spacial score (nSPS) is 12.0. The third kappa shape index (κ3) is 5.09. The van der Waals surface area contributed by atoms with Crippen molar-refractivity contribution in [2.24, 2.45) is 0 Å². The number of carbonyl (C=O) groups is 1. The fourth-order valence-electron chi connectivity index (χ4n) is 3.30. The van der Waals surface area contributed by atoms with Gasteiger partial charge in [-0.05, 0) is 79.6 Å². The third-order valence-electron chi connectivity index (χ3n) is 5.05. The lowest BCUT2D eigenvalue weighted by Crippen LogP contribution is -2.29. The number of unbranched alkanes of at least 4 members (excludes halogenated alkanes) is 2. The Kier molecular flexibility index (Phi) is 6.26. The van der Waals surface area contributed by atoms with E-state index in [9.17, 15) is 4.79 Å². The molecule has 0 fully saturated rings. The first-order valence-corrected chi connectivity index (χ1v) is 10.6. The maximum absolute atomic E-state index is 12.4. The zero-order chi connectivity index (χ0) is 21.6. The first-order chi connectivity index (χ1) is 15.1. The van der Waals surface area contributed by atoms with Gasteiger partial charge in [0.2, 0.25) is 0 Å². The lowest BCUT2D eigenvalue weighted by Gasteiger charge is -2.19. The standard InChI is InChI=1S/C25H27N3O3/c1-3-4-5-16-30-21-11-7-19(8-12-21)25(29)31-22-13-9-20(10-14-22)28-26-23-15-6-18(2)17-24(23)27-28/h6-15,17,26-27H,3-5,16H2,1-2H3. The van der Waals surface area contributed by atoms with Crippen LogP contribution in [-0.2, 0) is 0 Å². The largest absolute Gasteiger partial charge is 0.494 e. The molecule has 0 saturated heterocycles. The lowest BCUT2D eigenvalue weighted by molar-refractivity contribution is 0.0734. The molecule has 6 heteroatoms. The Balaban J connectivity index is 1.32. The van der Waals surface area contributed by atoms with Crippen LogP contribution in [0.25, 0.3) is 0 Å². The molecule has 2 N–H and O–H groups in total. The number of nitrogens with one attached hydrogen (secondary N) is 2. The van der Waals surface area contributed by atoms with Crippen molar-refractivity contribution < 1.29 is 14.3 Å². The predicted octanol–water partition coefficient (Wildman–Crippen LogP) is 5.96. The van der Waals surface area contributed by atoms with Gasteiger partial charge in [-0.15, -0.1) is 0 Å². The van der Waals surface area contributed by atoms with Gasteiger partial charge in [-0.1, -0.05) is 25.8 Å². The van der Waals surface area contributed by atoms with E-state index in [0.717, 1.165) is 42.1 Å². The number of anilines is 3. The second kappa shape index (κ2) is 9.43. The van der Waals surface area contributed by atoms with Crippen molar-refractivity contribution in [1.29, 1.82) is 0 Å². The first-order valence-electron chi connectivity index (χ1n) is 10.6. The molecule has 160 valence electrons. The van der Waals surface area contributed by atoms with Gasteiger partial charge in [-0.2, -0.15) is 5.12 Å². The molecule has 4 rings (SSSR count). The monoisotopic (exact) mass is 417 g/mol. The van der Waals surface area contributed by atoms with Crippen LogP contribution in [0.15, 0.2) is 66.7 Å². The van der Waals surface area contributed by atoms with Crippen molar-refractivity contribution >= 4 is 23.0 Å². The van der Waals surface area contributed by atoms with Gasteiger partial charge in [-0.3, -0.25) is 10.9 Å². The number of rotatable bonds is 8. The molecule has 0 amide bonds. The summed E-state index contributed by atoms with van der Waals surface area (Å²) in [6.07, 6.45) is 3.34. The molecule has 1 aliphatic heterocycles. The van der Waals surface area contributed by atoms with Gasteiger partial charge in [-0.25, -0.2) is 4.79 Å². The molecule has 0 radical (unpaired) electrons. The Labute approximate surface area is 182 Å². The molecule has 1 aliphatic rings. The zero-order valence-electron chi connectivity index (χ0n) is 17.9. The summed E-state index contributed by atoms with van der Waals surface area (Å²) in [4.78, 5) is 12.4. The van der Waals surface area contributed by atoms with E-state index in [2.05, 4.69) is 36.8 Å². The van der Waals surface area contributed by atoms with Gasteiger partial charge >= 0.3 is 5.97 Å². The quantitative estimate of drug-likeness (QED) is 0.268. The minimum Gasteiger partial charge on any atom is -0.494 e. The average Bonchev–Trinajstić information content (AvgIpc) is 3.21. The first kappa shape index (κ1) is 20.6. The summed E-state index contributed by atoms with van der Waals surface area (Å²) in [7, 11) is 0. The Hall–Kier alpha value is -3.67. The van der Waals surface area contributed by atoms with E-state index in [1.807, 2.05) is 23.3 Å². The number of carbonyl (C=O) groups excluding carboxylic acids is 1. The van der Waals surface area contributed by atoms with Crippen LogP contribution < -0.4 is 25.4 Å². The molecule has 0 spiro atoms. The van der Waals surface area contributed by atoms with Crippen molar-refractivity contribution in [3.63, 3.8) is 0 Å². The summed E-state index contributed by atoms with van der Waals surface area (Å²) in [5.41, 5.74) is 11.2. The van der Waals surface area contributed by atoms with Crippen LogP contribution in [0.3, 0.4) is 0 Å². The van der Waals surface area contributed by atoms with Gasteiger partial charge in [0.15, 0.2) is 0 Å². The van der Waals surface area contributed by atoms with Gasteiger partial charge in [0.25, 0.3) is 0 Å². The van der Waals surface area contributed by atoms with Gasteiger partial charge in [0, 0.05) is 0 Å². The van der Waals surface area contributed by atoms with Gasteiger partial charge < -0.3 is 9.47 Å². The maximum Gasteiger partial charge on any atom is 0.343 e. The summed E-state index contributed by atoms with van der Waals surface area (Å²) >= 11 is 0. The molecule has 0 unspecified atom stereocenters. The summed E-state index contributed by atoms with van der Waals surface area (Å²) in [6, 6.07) is 20.5. The summed E-state index contributed by atoms with van der Waals surface area (Å²) in [5, 5.41) is 1.83. The number of ether oxygens (including phenoxy) is 2. The summed E-state index contributed by atoms with van der Waals surface area (Å²) in [5.74, 6) is 0.852. The van der Waals surface area contributed by atoms with Crippen molar-refractivity contribution in [2.45, 2.75) is 33.1 Å². The molecule has 6 nitrogen and oxygen atoms in total. The van der Waals surface area contributed by atoms with Gasteiger partial charge in [0.05, 0.1) is 29.2 Å². The van der Waals surface area contributed by atoms with E-state index in [0.29, 0.717) is 17.9 Å². The van der Waals surface area contributed by atoms with Crippen molar-refractivity contribution in [1.82, 2.24) is 0 Å². The number of hydrogen-bond donors (Lipinski definition) is 2. The van der Waals surface area contributed by atoms with Crippen LogP contribution in [0.4, 0.5) is 17.1 Å². The summed E-state index contributed by atoms with van der Waals surface area (Å²) < 4.78 is 11.2. The fourth-order valence-corrected chi connectivity index (χ4v) is 3.30. The van der Waals surface area contributed by atoms with Crippen LogP contribution in [0.2, 0.25) is 0 Å². The summed E-state index contributed by atoms with van der Waals surface area (Å²) in [6.45, 7) is 4.91. The molecule has 31 heavy (non-hydrogen) atoms. The topological polar surface area (TPSA) is 62.8 Å². The lowest BCUT2D eigenvalue weighted by atomic mass is 10.2. The molecule has 1 heterocycles. The van der Waals surface area contributed by atoms with Crippen LogP contribution in [0, 0.1) is 6.92 Å². The highest BCUT2D eigenvalue weighted by atomic mass is 16.5. The van der Waals surface area contributed by atoms with Crippen LogP contribution in [-0.4, -0.2) is 12.6 Å². The number of aryl methyl sites for hydroxylation is 1. The molecular weight excluding hydrogens is 390 g/mol. The minimum absolute atomic E-state index is 0.398. The molecule has 0 saturated carbocycles. The molecule has 3 aromatic carbocycles. The van der Waals surface area contributed by atoms with Crippen LogP contribution >= 0.6 is 0 Å². The SMILES string of the molecule is CCCCCOc1ccc(C(=O)Oc2ccc(N3Nc4ccc(C)cc4N3)cc2)cc1.